The van der Waals surface area contributed by atoms with Gasteiger partial charge in [0.05, 0.1) is 4.92 Å². The van der Waals surface area contributed by atoms with Gasteiger partial charge < -0.3 is 9.80 Å². The van der Waals surface area contributed by atoms with Crippen LogP contribution in [0, 0.1) is 24.0 Å². The summed E-state index contributed by atoms with van der Waals surface area (Å²) in [5.41, 5.74) is 1.89. The van der Waals surface area contributed by atoms with Crippen LogP contribution in [0.3, 0.4) is 0 Å². The van der Waals surface area contributed by atoms with Crippen LogP contribution in [0.2, 0.25) is 0 Å². The van der Waals surface area contributed by atoms with Crippen molar-refractivity contribution in [1.82, 2.24) is 14.7 Å². The molecule has 2 heterocycles. The number of aromatic nitrogens is 2. The predicted octanol–water partition coefficient (Wildman–Crippen LogP) is 2.32. The molecule has 2 aromatic rings. The van der Waals surface area contributed by atoms with Gasteiger partial charge >= 0.3 is 5.69 Å². The minimum Gasteiger partial charge on any atom is -0.368 e. The molecule has 1 atom stereocenters. The second kappa shape index (κ2) is 7.15. The number of rotatable bonds is 4. The molecule has 3 rings (SSSR count). The van der Waals surface area contributed by atoms with E-state index in [-0.39, 0.29) is 11.6 Å². The first-order valence-corrected chi connectivity index (χ1v) is 8.69. The van der Waals surface area contributed by atoms with E-state index in [0.29, 0.717) is 24.5 Å². The molecule has 1 aliphatic rings. The molecule has 0 saturated carbocycles. The summed E-state index contributed by atoms with van der Waals surface area (Å²) in [5.74, 6) is -0.0572. The Kier molecular flexibility index (Phi) is 4.92. The molecule has 138 valence electrons. The predicted molar refractivity (Wildman–Crippen MR) is 98.3 cm³/mol. The molecule has 1 aromatic carbocycles. The molecule has 8 nitrogen and oxygen atoms in total. The summed E-state index contributed by atoms with van der Waals surface area (Å²) in [4.78, 5) is 27.7. The third-order valence-corrected chi connectivity index (χ3v) is 4.91. The molecule has 8 heteroatoms. The van der Waals surface area contributed by atoms with Crippen molar-refractivity contribution in [1.29, 1.82) is 0 Å². The van der Waals surface area contributed by atoms with Crippen molar-refractivity contribution in [2.24, 2.45) is 0 Å². The molecule has 1 amide bonds. The van der Waals surface area contributed by atoms with Crippen LogP contribution in [0.4, 0.5) is 11.4 Å². The zero-order valence-electron chi connectivity index (χ0n) is 15.3. The van der Waals surface area contributed by atoms with Crippen LogP contribution >= 0.6 is 0 Å². The Bertz CT molecular complexity index is 810. The summed E-state index contributed by atoms with van der Waals surface area (Å²) >= 11 is 0. The van der Waals surface area contributed by atoms with Crippen molar-refractivity contribution in [2.75, 3.05) is 31.1 Å². The van der Waals surface area contributed by atoms with Crippen LogP contribution in [-0.4, -0.2) is 51.7 Å². The minimum atomic E-state index is -0.564. The summed E-state index contributed by atoms with van der Waals surface area (Å²) in [6.45, 7) is 7.75. The molecular weight excluding hydrogens is 334 g/mol. The second-order valence-corrected chi connectivity index (χ2v) is 6.54. The van der Waals surface area contributed by atoms with Gasteiger partial charge in [-0.3, -0.25) is 19.6 Å². The molecule has 1 aromatic heterocycles. The monoisotopic (exact) mass is 357 g/mol. The second-order valence-electron chi connectivity index (χ2n) is 6.54. The molecule has 0 radical (unpaired) electrons. The summed E-state index contributed by atoms with van der Waals surface area (Å²) in [7, 11) is 0. The fourth-order valence-electron chi connectivity index (χ4n) is 3.49. The van der Waals surface area contributed by atoms with E-state index >= 15 is 0 Å². The van der Waals surface area contributed by atoms with Crippen molar-refractivity contribution in [3.8, 4) is 0 Å². The molecule has 0 N–H and O–H groups in total. The molecule has 1 saturated heterocycles. The van der Waals surface area contributed by atoms with Gasteiger partial charge in [-0.05, 0) is 32.9 Å². The van der Waals surface area contributed by atoms with E-state index in [4.69, 9.17) is 0 Å². The molecule has 0 spiro atoms. The van der Waals surface area contributed by atoms with Gasteiger partial charge in [0, 0.05) is 31.9 Å². The minimum absolute atomic E-state index is 0.0152. The number of aryl methyl sites for hydroxylation is 1. The number of benzene rings is 1. The lowest BCUT2D eigenvalue weighted by Crippen LogP contribution is -2.50. The van der Waals surface area contributed by atoms with Gasteiger partial charge in [-0.2, -0.15) is 5.10 Å². The number of hydrogen-bond acceptors (Lipinski definition) is 5. The first-order valence-electron chi connectivity index (χ1n) is 8.69. The maximum Gasteiger partial charge on any atom is 0.312 e. The molecule has 0 aliphatic carbocycles. The summed E-state index contributed by atoms with van der Waals surface area (Å²) in [6.07, 6.45) is 0. The number of piperazine rings is 1. The quantitative estimate of drug-likeness (QED) is 0.619. The van der Waals surface area contributed by atoms with Crippen molar-refractivity contribution in [3.05, 3.63) is 51.8 Å². The van der Waals surface area contributed by atoms with Crippen molar-refractivity contribution in [2.45, 2.75) is 26.8 Å². The Morgan fingerprint density at radius 3 is 2.31 bits per heavy atom. The lowest BCUT2D eigenvalue weighted by Gasteiger charge is -2.37. The Labute approximate surface area is 152 Å². The van der Waals surface area contributed by atoms with E-state index in [2.05, 4.69) is 22.1 Å². The van der Waals surface area contributed by atoms with Gasteiger partial charge in [0.25, 0.3) is 0 Å². The number of carbonyl (C=O) groups is 1. The normalized spacial score (nSPS) is 15.8. The molecule has 26 heavy (non-hydrogen) atoms. The first kappa shape index (κ1) is 17.9. The highest BCUT2D eigenvalue weighted by Crippen LogP contribution is 2.26. The van der Waals surface area contributed by atoms with Crippen LogP contribution in [0.25, 0.3) is 0 Å². The average Bonchev–Trinajstić information content (AvgIpc) is 2.95. The van der Waals surface area contributed by atoms with Gasteiger partial charge in [0.1, 0.15) is 17.4 Å². The van der Waals surface area contributed by atoms with E-state index in [1.165, 1.54) is 4.68 Å². The Morgan fingerprint density at radius 2 is 1.77 bits per heavy atom. The Morgan fingerprint density at radius 1 is 1.15 bits per heavy atom. The van der Waals surface area contributed by atoms with Crippen LogP contribution in [-0.2, 0) is 4.79 Å². The van der Waals surface area contributed by atoms with Gasteiger partial charge in [0.2, 0.25) is 5.91 Å². The maximum atomic E-state index is 12.9. The van der Waals surface area contributed by atoms with Crippen LogP contribution in [0.15, 0.2) is 30.3 Å². The number of nitro groups is 1. The number of anilines is 1. The molecule has 1 unspecified atom stereocenters. The Hall–Kier alpha value is -2.90. The standard InChI is InChI=1S/C18H23N5O3/c1-13-17(23(25)26)14(2)22(19-13)15(3)18(24)21-11-9-20(10-12-21)16-7-5-4-6-8-16/h4-8,15H,9-12H2,1-3H3. The topological polar surface area (TPSA) is 84.5 Å². The lowest BCUT2D eigenvalue weighted by atomic mass is 10.2. The number of hydrogen-bond donors (Lipinski definition) is 0. The van der Waals surface area contributed by atoms with E-state index < -0.39 is 11.0 Å². The third kappa shape index (κ3) is 3.26. The van der Waals surface area contributed by atoms with Crippen molar-refractivity contribution >= 4 is 17.3 Å². The van der Waals surface area contributed by atoms with Gasteiger partial charge in [-0.15, -0.1) is 0 Å². The zero-order valence-corrected chi connectivity index (χ0v) is 15.3. The van der Waals surface area contributed by atoms with Crippen LogP contribution in [0.1, 0.15) is 24.4 Å². The molecule has 1 fully saturated rings. The van der Waals surface area contributed by atoms with Crippen molar-refractivity contribution in [3.63, 3.8) is 0 Å². The SMILES string of the molecule is Cc1nn(C(C)C(=O)N2CCN(c3ccccc3)CC2)c(C)c1[N+](=O)[O-]. The third-order valence-electron chi connectivity index (χ3n) is 4.91. The molecule has 0 bridgehead atoms. The largest absolute Gasteiger partial charge is 0.368 e. The number of nitrogens with zero attached hydrogens (tertiary/aromatic N) is 5. The van der Waals surface area contributed by atoms with Gasteiger partial charge in [0.15, 0.2) is 0 Å². The highest BCUT2D eigenvalue weighted by atomic mass is 16.6. The fraction of sp³-hybridized carbons (Fsp3) is 0.444. The zero-order chi connectivity index (χ0) is 18.8. The summed E-state index contributed by atoms with van der Waals surface area (Å²) < 4.78 is 1.47. The smallest absolute Gasteiger partial charge is 0.312 e. The Balaban J connectivity index is 1.69. The maximum absolute atomic E-state index is 12.9. The summed E-state index contributed by atoms with van der Waals surface area (Å²) in [6, 6.07) is 9.56. The van der Waals surface area contributed by atoms with Gasteiger partial charge in [-0.1, -0.05) is 18.2 Å². The highest BCUT2D eigenvalue weighted by molar-refractivity contribution is 5.80. The molecular formula is C18H23N5O3. The van der Waals surface area contributed by atoms with E-state index in [9.17, 15) is 14.9 Å². The van der Waals surface area contributed by atoms with Crippen LogP contribution in [0.5, 0.6) is 0 Å². The fourth-order valence-corrected chi connectivity index (χ4v) is 3.49. The van der Waals surface area contributed by atoms with E-state index in [0.717, 1.165) is 18.8 Å². The number of carbonyl (C=O) groups excluding carboxylic acids is 1. The lowest BCUT2D eigenvalue weighted by molar-refractivity contribution is -0.386. The van der Waals surface area contributed by atoms with Crippen LogP contribution < -0.4 is 4.90 Å². The number of para-hydroxylation sites is 1. The number of amides is 1. The van der Waals surface area contributed by atoms with E-state index in [1.54, 1.807) is 20.8 Å². The summed E-state index contributed by atoms with van der Waals surface area (Å²) in [5, 5.41) is 15.4. The van der Waals surface area contributed by atoms with Gasteiger partial charge in [-0.25, -0.2) is 0 Å². The first-order chi connectivity index (χ1) is 12.4. The van der Waals surface area contributed by atoms with Crippen molar-refractivity contribution < 1.29 is 9.72 Å². The average molecular weight is 357 g/mol. The highest BCUT2D eigenvalue weighted by Gasteiger charge is 2.30. The van der Waals surface area contributed by atoms with E-state index in [1.807, 2.05) is 23.1 Å². The molecule has 1 aliphatic heterocycles.